The van der Waals surface area contributed by atoms with Crippen LogP contribution in [0.4, 0.5) is 0 Å². The van der Waals surface area contributed by atoms with Crippen molar-refractivity contribution >= 4 is 5.91 Å². The van der Waals surface area contributed by atoms with E-state index in [1.807, 2.05) is 12.2 Å². The quantitative estimate of drug-likeness (QED) is 0.490. The summed E-state index contributed by atoms with van der Waals surface area (Å²) < 4.78 is 0. The Kier molecular flexibility index (Phi) is 1.33. The third-order valence-electron chi connectivity index (χ3n) is 1.41. The molecule has 44 valence electrons. The number of hydrogen-bond donors (Lipinski definition) is 1. The second-order valence-corrected chi connectivity index (χ2v) is 2.04. The summed E-state index contributed by atoms with van der Waals surface area (Å²) in [5.74, 6) is -0.0787. The van der Waals surface area contributed by atoms with E-state index in [9.17, 15) is 4.79 Å². The summed E-state index contributed by atoms with van der Waals surface area (Å²) in [6, 6.07) is 0. The molecule has 2 heteroatoms. The number of nitrogens with two attached hydrogens (primary N) is 1. The summed E-state index contributed by atoms with van der Waals surface area (Å²) in [6.45, 7) is 0. The zero-order valence-corrected chi connectivity index (χ0v) is 4.63. The summed E-state index contributed by atoms with van der Waals surface area (Å²) in [4.78, 5) is 10.4. The highest BCUT2D eigenvalue weighted by Crippen LogP contribution is 2.15. The second-order valence-electron chi connectivity index (χ2n) is 2.04. The summed E-state index contributed by atoms with van der Waals surface area (Å²) in [6.07, 6.45) is 5.68. The maximum atomic E-state index is 10.4. The largest absolute Gasteiger partial charge is 0.369 e. The highest BCUT2D eigenvalue weighted by atomic mass is 16.1. The van der Waals surface area contributed by atoms with E-state index in [2.05, 4.69) is 0 Å². The number of carbonyl (C=O) groups excluding carboxylic acids is 1. The van der Waals surface area contributed by atoms with Crippen molar-refractivity contribution in [2.75, 3.05) is 0 Å². The summed E-state index contributed by atoms with van der Waals surface area (Å²) >= 11 is 0. The molecule has 0 unspecified atom stereocenters. The van der Waals surface area contributed by atoms with Crippen molar-refractivity contribution in [3.05, 3.63) is 12.2 Å². The molecular weight excluding hydrogens is 102 g/mol. The van der Waals surface area contributed by atoms with Crippen LogP contribution >= 0.6 is 0 Å². The minimum absolute atomic E-state index is 0.0926. The summed E-state index contributed by atoms with van der Waals surface area (Å²) in [5, 5.41) is 0. The highest BCUT2D eigenvalue weighted by molar-refractivity contribution is 5.77. The van der Waals surface area contributed by atoms with Crippen LogP contribution in [0.3, 0.4) is 0 Å². The molecule has 0 aliphatic heterocycles. The van der Waals surface area contributed by atoms with E-state index in [4.69, 9.17) is 5.73 Å². The molecule has 0 bridgehead atoms. The average molecular weight is 111 g/mol. The van der Waals surface area contributed by atoms with E-state index < -0.39 is 0 Å². The molecule has 0 fully saturated rings. The van der Waals surface area contributed by atoms with Gasteiger partial charge in [-0.25, -0.2) is 0 Å². The first-order valence-electron chi connectivity index (χ1n) is 2.75. The Morgan fingerprint density at radius 2 is 2.00 bits per heavy atom. The van der Waals surface area contributed by atoms with Gasteiger partial charge < -0.3 is 5.73 Å². The SMILES string of the molecule is NC(=O)C1CC=CC1. The Morgan fingerprint density at radius 1 is 1.50 bits per heavy atom. The lowest BCUT2D eigenvalue weighted by atomic mass is 10.1. The highest BCUT2D eigenvalue weighted by Gasteiger charge is 2.14. The molecule has 0 atom stereocenters. The Balaban J connectivity index is 2.41. The van der Waals surface area contributed by atoms with E-state index in [1.54, 1.807) is 0 Å². The van der Waals surface area contributed by atoms with Gasteiger partial charge in [-0.1, -0.05) is 12.2 Å². The van der Waals surface area contributed by atoms with Gasteiger partial charge in [-0.05, 0) is 12.8 Å². The van der Waals surface area contributed by atoms with Crippen molar-refractivity contribution in [1.29, 1.82) is 0 Å². The maximum Gasteiger partial charge on any atom is 0.221 e. The molecule has 1 rings (SSSR count). The van der Waals surface area contributed by atoms with Crippen LogP contribution in [-0.4, -0.2) is 5.91 Å². The number of primary amides is 1. The van der Waals surface area contributed by atoms with E-state index in [0.29, 0.717) is 0 Å². The van der Waals surface area contributed by atoms with Gasteiger partial charge in [-0.2, -0.15) is 0 Å². The van der Waals surface area contributed by atoms with E-state index in [-0.39, 0.29) is 11.8 Å². The third-order valence-corrected chi connectivity index (χ3v) is 1.41. The zero-order chi connectivity index (χ0) is 5.98. The summed E-state index contributed by atoms with van der Waals surface area (Å²) in [7, 11) is 0. The minimum atomic E-state index is -0.171. The molecule has 0 radical (unpaired) electrons. The monoisotopic (exact) mass is 111 g/mol. The predicted octanol–water partition coefficient (Wildman–Crippen LogP) is 0.438. The van der Waals surface area contributed by atoms with E-state index >= 15 is 0 Å². The van der Waals surface area contributed by atoms with Crippen molar-refractivity contribution in [1.82, 2.24) is 0 Å². The van der Waals surface area contributed by atoms with Crippen LogP contribution in [0.1, 0.15) is 12.8 Å². The number of amides is 1. The topological polar surface area (TPSA) is 43.1 Å². The van der Waals surface area contributed by atoms with Crippen molar-refractivity contribution in [3.63, 3.8) is 0 Å². The van der Waals surface area contributed by atoms with Crippen LogP contribution in [0.25, 0.3) is 0 Å². The van der Waals surface area contributed by atoms with Crippen LogP contribution < -0.4 is 5.73 Å². The molecule has 0 aromatic carbocycles. The standard InChI is InChI=1S/C6H9NO/c7-6(8)5-3-1-2-4-5/h1-2,5H,3-4H2,(H2,7,8). The fraction of sp³-hybridized carbons (Fsp3) is 0.500. The average Bonchev–Trinajstić information content (AvgIpc) is 2.12. The van der Waals surface area contributed by atoms with E-state index in [0.717, 1.165) is 12.8 Å². The number of carbonyl (C=O) groups is 1. The van der Waals surface area contributed by atoms with Crippen molar-refractivity contribution in [2.45, 2.75) is 12.8 Å². The lowest BCUT2D eigenvalue weighted by Crippen LogP contribution is -2.20. The zero-order valence-electron chi connectivity index (χ0n) is 4.63. The molecule has 0 saturated heterocycles. The Morgan fingerprint density at radius 3 is 2.25 bits per heavy atom. The van der Waals surface area contributed by atoms with Crippen molar-refractivity contribution in [2.24, 2.45) is 11.7 Å². The van der Waals surface area contributed by atoms with Crippen LogP contribution in [0.2, 0.25) is 0 Å². The van der Waals surface area contributed by atoms with Gasteiger partial charge in [-0.3, -0.25) is 4.79 Å². The maximum absolute atomic E-state index is 10.4. The molecule has 0 saturated carbocycles. The molecule has 1 aliphatic rings. The molecule has 1 aliphatic carbocycles. The van der Waals surface area contributed by atoms with Crippen molar-refractivity contribution < 1.29 is 4.79 Å². The van der Waals surface area contributed by atoms with Gasteiger partial charge in [0.25, 0.3) is 0 Å². The molecule has 8 heavy (non-hydrogen) atoms. The normalized spacial score (nSPS) is 19.5. The fourth-order valence-corrected chi connectivity index (χ4v) is 0.850. The van der Waals surface area contributed by atoms with Gasteiger partial charge in [-0.15, -0.1) is 0 Å². The van der Waals surface area contributed by atoms with Crippen LogP contribution in [0.5, 0.6) is 0 Å². The minimum Gasteiger partial charge on any atom is -0.369 e. The number of hydrogen-bond acceptors (Lipinski definition) is 1. The first-order chi connectivity index (χ1) is 3.80. The van der Waals surface area contributed by atoms with Gasteiger partial charge in [0, 0.05) is 5.92 Å². The van der Waals surface area contributed by atoms with Gasteiger partial charge in [0.05, 0.1) is 0 Å². The smallest absolute Gasteiger partial charge is 0.221 e. The van der Waals surface area contributed by atoms with Crippen LogP contribution in [0.15, 0.2) is 12.2 Å². The first-order valence-corrected chi connectivity index (χ1v) is 2.75. The first kappa shape index (κ1) is 5.35. The Labute approximate surface area is 48.4 Å². The van der Waals surface area contributed by atoms with Crippen LogP contribution in [-0.2, 0) is 4.79 Å². The Bertz CT molecular complexity index is 120. The Hall–Kier alpha value is -0.790. The molecule has 0 heterocycles. The molecule has 2 nitrogen and oxygen atoms in total. The number of allylic oxidation sites excluding steroid dienone is 2. The lowest BCUT2D eigenvalue weighted by Gasteiger charge is -1.99. The molecule has 0 aromatic heterocycles. The van der Waals surface area contributed by atoms with Gasteiger partial charge >= 0.3 is 0 Å². The van der Waals surface area contributed by atoms with Gasteiger partial charge in [0.15, 0.2) is 0 Å². The van der Waals surface area contributed by atoms with Crippen molar-refractivity contribution in [3.8, 4) is 0 Å². The third kappa shape index (κ3) is 0.886. The molecule has 1 amide bonds. The lowest BCUT2D eigenvalue weighted by molar-refractivity contribution is -0.121. The molecule has 2 N–H and O–H groups in total. The van der Waals surface area contributed by atoms with Crippen LogP contribution in [0, 0.1) is 5.92 Å². The number of rotatable bonds is 1. The fourth-order valence-electron chi connectivity index (χ4n) is 0.850. The second kappa shape index (κ2) is 1.99. The molecule has 0 aromatic rings. The molecule has 0 spiro atoms. The van der Waals surface area contributed by atoms with Gasteiger partial charge in [0.2, 0.25) is 5.91 Å². The van der Waals surface area contributed by atoms with E-state index in [1.165, 1.54) is 0 Å². The molecular formula is C6H9NO. The summed E-state index contributed by atoms with van der Waals surface area (Å²) in [5.41, 5.74) is 5.02. The van der Waals surface area contributed by atoms with Gasteiger partial charge in [0.1, 0.15) is 0 Å². The predicted molar refractivity (Wildman–Crippen MR) is 31.1 cm³/mol.